The lowest BCUT2D eigenvalue weighted by Gasteiger charge is -2.23. The fourth-order valence-corrected chi connectivity index (χ4v) is 3.23. The summed E-state index contributed by atoms with van der Waals surface area (Å²) < 4.78 is 5.82. The van der Waals surface area contributed by atoms with Gasteiger partial charge in [-0.05, 0) is 18.6 Å². The number of hydrogen-bond acceptors (Lipinski definition) is 3. The van der Waals surface area contributed by atoms with Crippen LogP contribution in [0, 0.1) is 5.92 Å². The third kappa shape index (κ3) is 6.26. The summed E-state index contributed by atoms with van der Waals surface area (Å²) in [4.78, 5) is 10.5. The highest BCUT2D eigenvalue weighted by Crippen LogP contribution is 2.36. The number of aliphatic carboxylic acids is 1. The molecule has 1 aliphatic heterocycles. The van der Waals surface area contributed by atoms with Gasteiger partial charge in [-0.3, -0.25) is 4.79 Å². The first kappa shape index (κ1) is 17.9. The molecule has 0 bridgehead atoms. The minimum atomic E-state index is -0.713. The predicted octanol–water partition coefficient (Wildman–Crippen LogP) is 3.39. The molecule has 1 radical (unpaired) electrons. The molecule has 2 rings (SSSR count). The van der Waals surface area contributed by atoms with Crippen LogP contribution in [0.5, 0.6) is 5.75 Å². The maximum Gasteiger partial charge on any atom is 0.303 e. The molecular weight excluding hydrogens is 291 g/mol. The normalized spacial score (nSPS) is 23.4. The van der Waals surface area contributed by atoms with Gasteiger partial charge in [0.1, 0.15) is 13.0 Å². The topological polar surface area (TPSA) is 66.8 Å². The quantitative estimate of drug-likeness (QED) is 0.513. The predicted molar refractivity (Wildman–Crippen MR) is 91.1 cm³/mol. The van der Waals surface area contributed by atoms with E-state index in [0.717, 1.165) is 44.2 Å². The lowest BCUT2D eigenvalue weighted by molar-refractivity contribution is -0.137. The molecule has 1 aromatic rings. The molecular formula is C18H26BO4. The lowest BCUT2D eigenvalue weighted by atomic mass is 9.63. The van der Waals surface area contributed by atoms with Gasteiger partial charge in [0.15, 0.2) is 0 Å². The van der Waals surface area contributed by atoms with Crippen molar-refractivity contribution in [1.82, 2.24) is 0 Å². The summed E-state index contributed by atoms with van der Waals surface area (Å²) in [7, 11) is 2.22. The molecule has 1 saturated heterocycles. The van der Waals surface area contributed by atoms with Crippen molar-refractivity contribution < 1.29 is 19.7 Å². The number of benzene rings is 1. The Morgan fingerprint density at radius 2 is 1.91 bits per heavy atom. The van der Waals surface area contributed by atoms with Crippen LogP contribution in [0.25, 0.3) is 0 Å². The van der Waals surface area contributed by atoms with Crippen molar-refractivity contribution in [1.29, 1.82) is 0 Å². The molecule has 23 heavy (non-hydrogen) atoms. The maximum absolute atomic E-state index is 10.5. The van der Waals surface area contributed by atoms with Gasteiger partial charge in [0.05, 0.1) is 12.7 Å². The van der Waals surface area contributed by atoms with Gasteiger partial charge < -0.3 is 14.9 Å². The number of carboxylic acids is 1. The second-order valence-corrected chi connectivity index (χ2v) is 6.34. The zero-order valence-corrected chi connectivity index (χ0v) is 13.6. The number of para-hydroxylation sites is 1. The Morgan fingerprint density at radius 3 is 2.65 bits per heavy atom. The molecule has 3 atom stereocenters. The van der Waals surface area contributed by atoms with Crippen molar-refractivity contribution in [2.24, 2.45) is 5.92 Å². The molecule has 0 amide bonds. The van der Waals surface area contributed by atoms with Crippen molar-refractivity contribution in [3.05, 3.63) is 30.3 Å². The molecule has 0 aliphatic carbocycles. The van der Waals surface area contributed by atoms with Gasteiger partial charge in [0.2, 0.25) is 0 Å². The molecule has 2 N–H and O–H groups in total. The number of aliphatic hydroxyl groups is 1. The van der Waals surface area contributed by atoms with Gasteiger partial charge >= 0.3 is 5.97 Å². The second kappa shape index (κ2) is 9.61. The SMILES string of the molecule is O=C(O)CCCCCC[C@H]1[B]C[C@@H](O)[C@@H]1COc1ccccc1. The largest absolute Gasteiger partial charge is 0.493 e. The molecule has 0 unspecified atom stereocenters. The van der Waals surface area contributed by atoms with E-state index < -0.39 is 5.97 Å². The Hall–Kier alpha value is -1.49. The first-order valence-electron chi connectivity index (χ1n) is 8.58. The summed E-state index contributed by atoms with van der Waals surface area (Å²) in [6.45, 7) is 0.547. The van der Waals surface area contributed by atoms with E-state index in [1.54, 1.807) is 0 Å². The minimum Gasteiger partial charge on any atom is -0.493 e. The lowest BCUT2D eigenvalue weighted by Crippen LogP contribution is -2.23. The molecule has 1 heterocycles. The third-order valence-corrected chi connectivity index (χ3v) is 4.59. The van der Waals surface area contributed by atoms with Gasteiger partial charge in [-0.2, -0.15) is 0 Å². The van der Waals surface area contributed by atoms with Crippen LogP contribution in [-0.4, -0.2) is 36.2 Å². The molecule has 0 saturated carbocycles. The molecule has 125 valence electrons. The molecule has 1 fully saturated rings. The van der Waals surface area contributed by atoms with E-state index in [1.807, 2.05) is 30.3 Å². The Kier molecular flexibility index (Phi) is 7.46. The Bertz CT molecular complexity index is 465. The van der Waals surface area contributed by atoms with E-state index in [0.29, 0.717) is 12.4 Å². The van der Waals surface area contributed by atoms with Crippen LogP contribution in [0.2, 0.25) is 12.1 Å². The smallest absolute Gasteiger partial charge is 0.303 e. The standard InChI is InChI=1S/C18H26BO4/c20-17-12-19-16(10-6-1-2-7-11-18(21)22)15(17)13-23-14-8-4-3-5-9-14/h3-5,8-9,15-17,20H,1-2,6-7,10-13H2,(H,21,22)/t15-,16-,17-/m1/s1. The molecule has 0 spiro atoms. The average Bonchev–Trinajstić information content (AvgIpc) is 2.89. The summed E-state index contributed by atoms with van der Waals surface area (Å²) in [5.74, 6) is 0.691. The number of aliphatic hydroxyl groups excluding tert-OH is 1. The van der Waals surface area contributed by atoms with E-state index in [1.165, 1.54) is 0 Å². The van der Waals surface area contributed by atoms with Crippen molar-refractivity contribution in [3.63, 3.8) is 0 Å². The van der Waals surface area contributed by atoms with E-state index in [-0.39, 0.29) is 18.4 Å². The number of rotatable bonds is 10. The highest BCUT2D eigenvalue weighted by Gasteiger charge is 2.35. The third-order valence-electron chi connectivity index (χ3n) is 4.59. The summed E-state index contributed by atoms with van der Waals surface area (Å²) in [5.41, 5.74) is 0. The zero-order valence-electron chi connectivity index (χ0n) is 13.6. The second-order valence-electron chi connectivity index (χ2n) is 6.34. The fraction of sp³-hybridized carbons (Fsp3) is 0.611. The number of carbonyl (C=O) groups is 1. The van der Waals surface area contributed by atoms with Gasteiger partial charge in [-0.1, -0.05) is 56.0 Å². The van der Waals surface area contributed by atoms with Crippen LogP contribution in [0.15, 0.2) is 30.3 Å². The van der Waals surface area contributed by atoms with Crippen LogP contribution in [0.1, 0.15) is 38.5 Å². The van der Waals surface area contributed by atoms with E-state index >= 15 is 0 Å². The van der Waals surface area contributed by atoms with Gasteiger partial charge in [0, 0.05) is 12.3 Å². The Balaban J connectivity index is 1.67. The van der Waals surface area contributed by atoms with Crippen molar-refractivity contribution in [2.45, 2.75) is 56.8 Å². The molecule has 0 aromatic heterocycles. The Labute approximate surface area is 139 Å². The first-order valence-corrected chi connectivity index (χ1v) is 8.58. The van der Waals surface area contributed by atoms with Crippen LogP contribution in [-0.2, 0) is 4.79 Å². The van der Waals surface area contributed by atoms with E-state index in [9.17, 15) is 9.90 Å². The van der Waals surface area contributed by atoms with Crippen LogP contribution in [0.3, 0.4) is 0 Å². The van der Waals surface area contributed by atoms with Crippen LogP contribution in [0.4, 0.5) is 0 Å². The van der Waals surface area contributed by atoms with Crippen molar-refractivity contribution in [2.75, 3.05) is 6.61 Å². The molecule has 1 aromatic carbocycles. The summed E-state index contributed by atoms with van der Waals surface area (Å²) in [6, 6.07) is 9.71. The van der Waals surface area contributed by atoms with Crippen LogP contribution >= 0.6 is 0 Å². The monoisotopic (exact) mass is 317 g/mol. The Morgan fingerprint density at radius 1 is 1.17 bits per heavy atom. The van der Waals surface area contributed by atoms with E-state index in [2.05, 4.69) is 7.28 Å². The van der Waals surface area contributed by atoms with E-state index in [4.69, 9.17) is 9.84 Å². The fourth-order valence-electron chi connectivity index (χ4n) is 3.23. The van der Waals surface area contributed by atoms with Gasteiger partial charge in [0.25, 0.3) is 0 Å². The average molecular weight is 317 g/mol. The highest BCUT2D eigenvalue weighted by atomic mass is 16.5. The number of carboxylic acid groups (broad SMARTS) is 1. The maximum atomic E-state index is 10.5. The highest BCUT2D eigenvalue weighted by molar-refractivity contribution is 6.39. The van der Waals surface area contributed by atoms with Crippen molar-refractivity contribution in [3.8, 4) is 5.75 Å². The minimum absolute atomic E-state index is 0.161. The molecule has 4 nitrogen and oxygen atoms in total. The summed E-state index contributed by atoms with van der Waals surface area (Å²) in [5, 5.41) is 18.8. The zero-order chi connectivity index (χ0) is 16.5. The van der Waals surface area contributed by atoms with Gasteiger partial charge in [-0.25, -0.2) is 0 Å². The summed E-state index contributed by atoms with van der Waals surface area (Å²) >= 11 is 0. The number of ether oxygens (including phenoxy) is 1. The molecule has 5 heteroatoms. The van der Waals surface area contributed by atoms with Gasteiger partial charge in [-0.15, -0.1) is 0 Å². The van der Waals surface area contributed by atoms with Crippen LogP contribution < -0.4 is 4.74 Å². The number of unbranched alkanes of at least 4 members (excludes halogenated alkanes) is 3. The van der Waals surface area contributed by atoms with Crippen molar-refractivity contribution >= 4 is 13.2 Å². The number of hydrogen-bond donors (Lipinski definition) is 2. The molecule has 1 aliphatic rings. The summed E-state index contributed by atoms with van der Waals surface area (Å²) in [6.07, 6.45) is 5.60. The first-order chi connectivity index (χ1) is 11.2.